The zero-order chi connectivity index (χ0) is 27.3. The van der Waals surface area contributed by atoms with Gasteiger partial charge in [0.25, 0.3) is 0 Å². The average molecular weight is 604 g/mol. The van der Waals surface area contributed by atoms with Crippen LogP contribution in [0.4, 0.5) is 5.95 Å². The van der Waals surface area contributed by atoms with Gasteiger partial charge in [-0.2, -0.15) is 13.6 Å². The molecule has 0 bridgehead atoms. The molecule has 0 aliphatic carbocycles. The van der Waals surface area contributed by atoms with Crippen LogP contribution in [0.15, 0.2) is 12.5 Å². The van der Waals surface area contributed by atoms with E-state index in [4.69, 9.17) is 20.3 Å². The summed E-state index contributed by atoms with van der Waals surface area (Å²) in [4.78, 5) is 53.6. The van der Waals surface area contributed by atoms with E-state index in [-0.39, 0.29) is 17.1 Å². The summed E-state index contributed by atoms with van der Waals surface area (Å²) in [6, 6.07) is 0. The van der Waals surface area contributed by atoms with Crippen molar-refractivity contribution in [2.24, 2.45) is 0 Å². The molecule has 1 aliphatic heterocycles. The number of aliphatic hydroxyl groups excluding tert-OH is 2. The Bertz CT molecular complexity index is 1460. The van der Waals surface area contributed by atoms with Crippen LogP contribution in [0.3, 0.4) is 0 Å². The normalized spacial score (nSPS) is 25.8. The van der Waals surface area contributed by atoms with Gasteiger partial charge in [-0.25, -0.2) is 28.6 Å². The van der Waals surface area contributed by atoms with Crippen LogP contribution in [0.25, 0.3) is 21.9 Å². The number of hydrogen-bond acceptors (Lipinski definition) is 15. The molecule has 0 saturated carbocycles. The monoisotopic (exact) mass is 604 g/mol. The number of aryl methyl sites for hydroxylation is 1. The number of aromatic nitrogens is 5. The lowest BCUT2D eigenvalue weighted by molar-refractivity contribution is -0.0503. The molecule has 23 heteroatoms. The van der Waals surface area contributed by atoms with E-state index < -0.39 is 54.6 Å². The Morgan fingerprint density at radius 1 is 1.08 bits per heavy atom. The third-order valence-electron chi connectivity index (χ3n) is 4.69. The third-order valence-corrected chi connectivity index (χ3v) is 9.41. The van der Waals surface area contributed by atoms with Crippen molar-refractivity contribution in [2.75, 3.05) is 12.3 Å². The van der Waals surface area contributed by atoms with Gasteiger partial charge in [-0.05, 0) is 6.92 Å². The molecule has 19 nitrogen and oxygen atoms in total. The van der Waals surface area contributed by atoms with E-state index in [1.165, 1.54) is 22.2 Å². The van der Waals surface area contributed by atoms with Crippen LogP contribution in [0, 0.1) is 6.92 Å². The SMILES string of the molecule is Cc1cnc(-c2nc(N)nc3c2ncn3[C@H]2O[C@H](COP(=O)(O)OP(=O)(O)OP(=O)(O)O)[C@@H](O)[C@H]2O)s1. The van der Waals surface area contributed by atoms with Gasteiger partial charge in [-0.3, -0.25) is 9.09 Å². The van der Waals surface area contributed by atoms with Gasteiger partial charge in [-0.15, -0.1) is 11.3 Å². The summed E-state index contributed by atoms with van der Waals surface area (Å²) in [5.74, 6) is -0.144. The molecule has 2 unspecified atom stereocenters. The number of thiazole rings is 1. The Morgan fingerprint density at radius 2 is 1.78 bits per heavy atom. The summed E-state index contributed by atoms with van der Waals surface area (Å²) in [6.07, 6.45) is -3.35. The molecule has 3 aromatic heterocycles. The minimum Gasteiger partial charge on any atom is -0.387 e. The fourth-order valence-electron chi connectivity index (χ4n) is 3.30. The van der Waals surface area contributed by atoms with Crippen LogP contribution >= 0.6 is 34.8 Å². The molecule has 4 rings (SSSR count). The van der Waals surface area contributed by atoms with Gasteiger partial charge in [0, 0.05) is 11.1 Å². The number of ether oxygens (including phenoxy) is 1. The predicted octanol–water partition coefficient (Wildman–Crippen LogP) is -0.197. The quantitative estimate of drug-likeness (QED) is 0.156. The smallest absolute Gasteiger partial charge is 0.387 e. The van der Waals surface area contributed by atoms with E-state index in [1.54, 1.807) is 6.20 Å². The summed E-state index contributed by atoms with van der Waals surface area (Å²) >= 11 is 1.33. The highest BCUT2D eigenvalue weighted by Gasteiger charge is 2.47. The van der Waals surface area contributed by atoms with Gasteiger partial charge in [0.15, 0.2) is 11.9 Å². The largest absolute Gasteiger partial charge is 0.490 e. The van der Waals surface area contributed by atoms with E-state index in [0.29, 0.717) is 10.7 Å². The molecule has 0 amide bonds. The lowest BCUT2D eigenvalue weighted by Crippen LogP contribution is -2.33. The van der Waals surface area contributed by atoms with Crippen molar-refractivity contribution in [3.8, 4) is 10.7 Å². The van der Waals surface area contributed by atoms with E-state index in [2.05, 4.69) is 33.1 Å². The Morgan fingerprint density at radius 3 is 2.41 bits per heavy atom. The molecule has 1 aliphatic rings. The number of rotatable bonds is 9. The Hall–Kier alpha value is -1.73. The zero-order valence-electron chi connectivity index (χ0n) is 18.3. The second kappa shape index (κ2) is 10.1. The van der Waals surface area contributed by atoms with Crippen LogP contribution in [0.5, 0.6) is 0 Å². The van der Waals surface area contributed by atoms with Gasteiger partial charge in [0.05, 0.1) is 12.9 Å². The van der Waals surface area contributed by atoms with Crippen molar-refractivity contribution in [1.29, 1.82) is 0 Å². The molecule has 1 fully saturated rings. The molecule has 0 spiro atoms. The van der Waals surface area contributed by atoms with Crippen molar-refractivity contribution >= 4 is 51.9 Å². The number of imidazole rings is 1. The number of nitrogens with two attached hydrogens (primary N) is 1. The van der Waals surface area contributed by atoms with Crippen molar-refractivity contribution < 1.29 is 61.4 Å². The van der Waals surface area contributed by atoms with Gasteiger partial charge >= 0.3 is 23.5 Å². The number of nitrogens with zero attached hydrogens (tertiary/aromatic N) is 5. The molecule has 6 atom stereocenters. The molecule has 37 heavy (non-hydrogen) atoms. The highest BCUT2D eigenvalue weighted by molar-refractivity contribution is 7.66. The zero-order valence-corrected chi connectivity index (χ0v) is 21.8. The third kappa shape index (κ3) is 6.47. The maximum Gasteiger partial charge on any atom is 0.490 e. The van der Waals surface area contributed by atoms with E-state index >= 15 is 0 Å². The van der Waals surface area contributed by atoms with Crippen LogP contribution in [0.1, 0.15) is 11.1 Å². The highest BCUT2D eigenvalue weighted by Crippen LogP contribution is 2.66. The van der Waals surface area contributed by atoms with Gasteiger partial charge in [0.1, 0.15) is 34.5 Å². The number of phosphoric ester groups is 1. The van der Waals surface area contributed by atoms with Crippen molar-refractivity contribution in [2.45, 2.75) is 31.5 Å². The number of fused-ring (bicyclic) bond motifs is 1. The molecular formula is C14H19N6O13P3S. The lowest BCUT2D eigenvalue weighted by atomic mass is 10.1. The van der Waals surface area contributed by atoms with E-state index in [0.717, 1.165) is 4.88 Å². The minimum atomic E-state index is -5.73. The summed E-state index contributed by atoms with van der Waals surface area (Å²) in [5, 5.41) is 21.4. The van der Waals surface area contributed by atoms with Crippen molar-refractivity contribution in [3.63, 3.8) is 0 Å². The number of phosphoric acid groups is 3. The van der Waals surface area contributed by atoms with Crippen LogP contribution in [-0.2, 0) is 31.6 Å². The Kier molecular flexibility index (Phi) is 7.72. The molecule has 0 aromatic carbocycles. The first-order valence-corrected chi connectivity index (χ1v) is 15.1. The van der Waals surface area contributed by atoms with Crippen molar-refractivity contribution in [3.05, 3.63) is 17.4 Å². The average Bonchev–Trinajstić information content (AvgIpc) is 3.42. The Balaban J connectivity index is 1.52. The van der Waals surface area contributed by atoms with E-state index in [1.807, 2.05) is 6.92 Å². The van der Waals surface area contributed by atoms with E-state index in [9.17, 15) is 33.7 Å². The number of hydrogen-bond donors (Lipinski definition) is 7. The molecule has 8 N–H and O–H groups in total. The van der Waals surface area contributed by atoms with Crippen LogP contribution in [-0.4, -0.2) is 79.2 Å². The number of anilines is 1. The predicted molar refractivity (Wildman–Crippen MR) is 121 cm³/mol. The van der Waals surface area contributed by atoms with Gasteiger partial charge in [0.2, 0.25) is 5.95 Å². The first-order chi connectivity index (χ1) is 17.1. The second-order valence-electron chi connectivity index (χ2n) is 7.46. The standard InChI is InChI=1S/C14H19N6O13P3S/c1-5-2-16-12(37-5)8-7-11(19-14(15)18-8)20(4-17-7)13-10(22)9(21)6(31-13)3-30-35(26,27)33-36(28,29)32-34(23,24)25/h2,4,6,9-10,13,21-22H,3H2,1H3,(H,26,27)(H,28,29)(H2,15,18,19)(H2,23,24,25)/t6-,9-,10-,13+/m1/s1. The number of aliphatic hydroxyl groups is 2. The second-order valence-corrected chi connectivity index (χ2v) is 13.1. The topological polar surface area (TPSA) is 292 Å². The summed E-state index contributed by atoms with van der Waals surface area (Å²) in [5.41, 5.74) is 6.52. The van der Waals surface area contributed by atoms with Crippen LogP contribution in [0.2, 0.25) is 0 Å². The first kappa shape index (κ1) is 28.3. The molecule has 0 radical (unpaired) electrons. The first-order valence-electron chi connectivity index (χ1n) is 9.78. The van der Waals surface area contributed by atoms with Gasteiger partial charge < -0.3 is 40.3 Å². The molecule has 204 valence electrons. The minimum absolute atomic E-state index is 0.111. The summed E-state index contributed by atoms with van der Waals surface area (Å²) in [7, 11) is -16.8. The fourth-order valence-corrected chi connectivity index (χ4v) is 7.09. The fraction of sp³-hybridized carbons (Fsp3) is 0.429. The maximum atomic E-state index is 12.0. The molecular weight excluding hydrogens is 585 g/mol. The van der Waals surface area contributed by atoms with Gasteiger partial charge in [-0.1, -0.05) is 0 Å². The molecule has 4 heterocycles. The van der Waals surface area contributed by atoms with Crippen molar-refractivity contribution in [1.82, 2.24) is 24.5 Å². The highest BCUT2D eigenvalue weighted by atomic mass is 32.1. The number of nitrogen functional groups attached to an aromatic ring is 1. The summed E-state index contributed by atoms with van der Waals surface area (Å²) < 4.78 is 52.6. The lowest BCUT2D eigenvalue weighted by Gasteiger charge is -2.19. The van der Waals surface area contributed by atoms with Crippen LogP contribution < -0.4 is 5.73 Å². The summed E-state index contributed by atoms with van der Waals surface area (Å²) in [6.45, 7) is 0.861. The molecule has 3 aromatic rings. The Labute approximate surface area is 210 Å². The molecule has 1 saturated heterocycles. The maximum absolute atomic E-state index is 12.0.